The van der Waals surface area contributed by atoms with E-state index < -0.39 is 0 Å². The monoisotopic (exact) mass is 365 g/mol. The SMILES string of the molecule is C[C@@H]1C(=O)[C@H](C)[C@H](c2ccc(N(C)C)cc2)N[C@H]1c1ccc(N(C)C)cc1. The Balaban J connectivity index is 1.89. The third kappa shape index (κ3) is 3.86. The molecule has 144 valence electrons. The van der Waals surface area contributed by atoms with E-state index in [2.05, 4.69) is 63.6 Å². The van der Waals surface area contributed by atoms with Crippen LogP contribution in [0, 0.1) is 11.8 Å². The molecule has 1 saturated heterocycles. The molecule has 4 nitrogen and oxygen atoms in total. The third-order valence-electron chi connectivity index (χ3n) is 5.79. The average Bonchev–Trinajstić information content (AvgIpc) is 2.66. The van der Waals surface area contributed by atoms with Gasteiger partial charge in [-0.1, -0.05) is 38.1 Å². The highest BCUT2D eigenvalue weighted by molar-refractivity contribution is 5.85. The molecule has 3 rings (SSSR count). The number of anilines is 2. The fraction of sp³-hybridized carbons (Fsp3) is 0.435. The second-order valence-electron chi connectivity index (χ2n) is 8.07. The summed E-state index contributed by atoms with van der Waals surface area (Å²) in [5.41, 5.74) is 4.67. The van der Waals surface area contributed by atoms with Crippen molar-refractivity contribution in [1.29, 1.82) is 0 Å². The smallest absolute Gasteiger partial charge is 0.142 e. The maximum atomic E-state index is 13.0. The lowest BCUT2D eigenvalue weighted by atomic mass is 9.76. The molecule has 1 aliphatic rings. The molecule has 27 heavy (non-hydrogen) atoms. The first-order chi connectivity index (χ1) is 12.8. The van der Waals surface area contributed by atoms with E-state index in [1.165, 1.54) is 11.1 Å². The van der Waals surface area contributed by atoms with Crippen molar-refractivity contribution in [2.24, 2.45) is 11.8 Å². The molecular formula is C23H31N3O. The van der Waals surface area contributed by atoms with E-state index in [9.17, 15) is 4.79 Å². The number of carbonyl (C=O) groups is 1. The van der Waals surface area contributed by atoms with E-state index >= 15 is 0 Å². The summed E-state index contributed by atoms with van der Waals surface area (Å²) in [6.45, 7) is 4.09. The van der Waals surface area contributed by atoms with Gasteiger partial charge < -0.3 is 15.1 Å². The molecule has 4 atom stereocenters. The lowest BCUT2D eigenvalue weighted by Gasteiger charge is -2.39. The lowest BCUT2D eigenvalue weighted by Crippen LogP contribution is -2.46. The van der Waals surface area contributed by atoms with E-state index in [0.717, 1.165) is 11.4 Å². The third-order valence-corrected chi connectivity index (χ3v) is 5.79. The van der Waals surface area contributed by atoms with Crippen molar-refractivity contribution < 1.29 is 4.79 Å². The van der Waals surface area contributed by atoms with E-state index in [1.54, 1.807) is 0 Å². The molecule has 0 spiro atoms. The van der Waals surface area contributed by atoms with Gasteiger partial charge in [0, 0.05) is 63.5 Å². The zero-order chi connectivity index (χ0) is 19.7. The van der Waals surface area contributed by atoms with Crippen molar-refractivity contribution in [3.8, 4) is 0 Å². The topological polar surface area (TPSA) is 35.6 Å². The van der Waals surface area contributed by atoms with Gasteiger partial charge in [0.05, 0.1) is 0 Å². The zero-order valence-corrected chi connectivity index (χ0v) is 17.2. The first-order valence-corrected chi connectivity index (χ1v) is 9.64. The molecule has 1 fully saturated rings. The number of nitrogens with one attached hydrogen (secondary N) is 1. The number of ketones is 1. The van der Waals surface area contributed by atoms with Gasteiger partial charge in [-0.05, 0) is 35.4 Å². The molecule has 1 aliphatic heterocycles. The van der Waals surface area contributed by atoms with Crippen molar-refractivity contribution in [1.82, 2.24) is 5.32 Å². The number of Topliss-reactive ketones (excluding diaryl/α,β-unsaturated/α-hetero) is 1. The number of piperidine rings is 1. The summed E-state index contributed by atoms with van der Waals surface area (Å²) in [5.74, 6) is 0.252. The second-order valence-corrected chi connectivity index (χ2v) is 8.07. The maximum Gasteiger partial charge on any atom is 0.142 e. The Morgan fingerprint density at radius 1 is 0.667 bits per heavy atom. The van der Waals surface area contributed by atoms with Crippen molar-refractivity contribution >= 4 is 17.2 Å². The van der Waals surface area contributed by atoms with Crippen molar-refractivity contribution in [3.63, 3.8) is 0 Å². The first-order valence-electron chi connectivity index (χ1n) is 9.64. The molecule has 4 heteroatoms. The Morgan fingerprint density at radius 3 is 1.30 bits per heavy atom. The predicted molar refractivity (Wildman–Crippen MR) is 113 cm³/mol. The number of rotatable bonds is 4. The van der Waals surface area contributed by atoms with Gasteiger partial charge in [-0.2, -0.15) is 0 Å². The summed E-state index contributed by atoms with van der Waals surface area (Å²) < 4.78 is 0. The van der Waals surface area contributed by atoms with Gasteiger partial charge in [-0.15, -0.1) is 0 Å². The fourth-order valence-corrected chi connectivity index (χ4v) is 3.95. The summed E-state index contributed by atoms with van der Waals surface area (Å²) >= 11 is 0. The molecule has 0 saturated carbocycles. The summed E-state index contributed by atoms with van der Waals surface area (Å²) in [7, 11) is 8.15. The molecule has 1 N–H and O–H groups in total. The van der Waals surface area contributed by atoms with E-state index in [0.29, 0.717) is 5.78 Å². The number of carbonyl (C=O) groups excluding carboxylic acids is 1. The lowest BCUT2D eigenvalue weighted by molar-refractivity contribution is -0.130. The van der Waals surface area contributed by atoms with Crippen LogP contribution in [0.3, 0.4) is 0 Å². The Labute approximate surface area is 163 Å². The van der Waals surface area contributed by atoms with Crippen LogP contribution in [0.4, 0.5) is 11.4 Å². The highest BCUT2D eigenvalue weighted by Crippen LogP contribution is 2.38. The van der Waals surface area contributed by atoms with Gasteiger partial charge in [0.15, 0.2) is 0 Å². The predicted octanol–water partition coefficient (Wildman–Crippen LogP) is 4.05. The van der Waals surface area contributed by atoms with Crippen molar-refractivity contribution in [3.05, 3.63) is 59.7 Å². The Hall–Kier alpha value is -2.33. The summed E-state index contributed by atoms with van der Waals surface area (Å²) in [4.78, 5) is 17.2. The molecule has 0 aliphatic carbocycles. The highest BCUT2D eigenvalue weighted by Gasteiger charge is 2.40. The molecule has 0 unspecified atom stereocenters. The molecule has 0 amide bonds. The van der Waals surface area contributed by atoms with Gasteiger partial charge in [-0.25, -0.2) is 0 Å². The number of nitrogens with zero attached hydrogens (tertiary/aromatic N) is 2. The molecular weight excluding hydrogens is 334 g/mol. The Kier molecular flexibility index (Phi) is 5.56. The molecule has 0 bridgehead atoms. The van der Waals surface area contributed by atoms with E-state index in [1.807, 2.05) is 42.0 Å². The largest absolute Gasteiger partial charge is 0.378 e. The van der Waals surface area contributed by atoms with Gasteiger partial charge in [-0.3, -0.25) is 4.79 Å². The molecule has 1 heterocycles. The van der Waals surface area contributed by atoms with Crippen LogP contribution < -0.4 is 15.1 Å². The number of benzene rings is 2. The highest BCUT2D eigenvalue weighted by atomic mass is 16.1. The minimum atomic E-state index is -0.0393. The molecule has 2 aromatic carbocycles. The first kappa shape index (κ1) is 19.4. The van der Waals surface area contributed by atoms with Crippen molar-refractivity contribution in [2.45, 2.75) is 25.9 Å². The molecule has 0 aromatic heterocycles. The van der Waals surface area contributed by atoms with Crippen LogP contribution in [0.15, 0.2) is 48.5 Å². The second kappa shape index (κ2) is 7.73. The quantitative estimate of drug-likeness (QED) is 0.887. The maximum absolute atomic E-state index is 13.0. The molecule has 0 radical (unpaired) electrons. The van der Waals surface area contributed by atoms with E-state index in [-0.39, 0.29) is 23.9 Å². The van der Waals surface area contributed by atoms with Crippen molar-refractivity contribution in [2.75, 3.05) is 38.0 Å². The van der Waals surface area contributed by atoms with Crippen LogP contribution >= 0.6 is 0 Å². The van der Waals surface area contributed by atoms with Gasteiger partial charge in [0.1, 0.15) is 5.78 Å². The number of hydrogen-bond acceptors (Lipinski definition) is 4. The standard InChI is InChI=1S/C23H31N3O/c1-15-21(17-7-11-19(12-8-17)25(3)4)24-22(16(2)23(15)27)18-9-13-20(14-10-18)26(5)6/h7-16,21-22,24H,1-6H3/t15-,16+,21-,22-/m1/s1. The summed E-state index contributed by atoms with van der Waals surface area (Å²) in [5, 5.41) is 3.77. The normalized spacial score (nSPS) is 25.3. The minimum Gasteiger partial charge on any atom is -0.378 e. The summed E-state index contributed by atoms with van der Waals surface area (Å²) in [6.07, 6.45) is 0. The molecule has 2 aromatic rings. The van der Waals surface area contributed by atoms with E-state index in [4.69, 9.17) is 0 Å². The minimum absolute atomic E-state index is 0.0310. The van der Waals surface area contributed by atoms with Gasteiger partial charge in [0.2, 0.25) is 0 Å². The van der Waals surface area contributed by atoms with Crippen LogP contribution in [0.1, 0.15) is 37.1 Å². The number of hydrogen-bond donors (Lipinski definition) is 1. The van der Waals surface area contributed by atoms with Crippen LogP contribution in [-0.4, -0.2) is 34.0 Å². The van der Waals surface area contributed by atoms with Gasteiger partial charge in [0.25, 0.3) is 0 Å². The van der Waals surface area contributed by atoms with Crippen LogP contribution in [0.2, 0.25) is 0 Å². The Bertz CT molecular complexity index is 715. The van der Waals surface area contributed by atoms with Crippen LogP contribution in [0.25, 0.3) is 0 Å². The fourth-order valence-electron chi connectivity index (χ4n) is 3.95. The van der Waals surface area contributed by atoms with Crippen LogP contribution in [-0.2, 0) is 4.79 Å². The van der Waals surface area contributed by atoms with Gasteiger partial charge >= 0.3 is 0 Å². The average molecular weight is 366 g/mol. The summed E-state index contributed by atoms with van der Waals surface area (Å²) in [6, 6.07) is 17.1. The van der Waals surface area contributed by atoms with Crippen LogP contribution in [0.5, 0.6) is 0 Å². The zero-order valence-electron chi connectivity index (χ0n) is 17.2. The Morgan fingerprint density at radius 2 is 1.00 bits per heavy atom.